The molecule has 4 N–H and O–H groups in total. The van der Waals surface area contributed by atoms with Gasteiger partial charge in [0.2, 0.25) is 0 Å². The summed E-state index contributed by atoms with van der Waals surface area (Å²) >= 11 is 0. The summed E-state index contributed by atoms with van der Waals surface area (Å²) < 4.78 is 25.8. The molecule has 4 unspecified atom stereocenters. The number of carboxylic acid groups (broad SMARTS) is 1. The van der Waals surface area contributed by atoms with Gasteiger partial charge in [0, 0.05) is 65.9 Å². The number of aliphatic hydroxyl groups is 3. The van der Waals surface area contributed by atoms with Crippen LogP contribution in [0.1, 0.15) is 319 Å². The fourth-order valence-electron chi connectivity index (χ4n) is 17.8. The molecule has 132 heavy (non-hydrogen) atoms. The smallest absolute Gasteiger partial charge is 0.338 e. The van der Waals surface area contributed by atoms with Crippen molar-refractivity contribution >= 4 is 70.9 Å². The number of rotatable bonds is 56. The lowest BCUT2D eigenvalue weighted by Crippen LogP contribution is -2.38. The van der Waals surface area contributed by atoms with E-state index in [-0.39, 0.29) is 177 Å². The second-order valence-electron chi connectivity index (χ2n) is 34.3. The van der Waals surface area contributed by atoms with E-state index in [2.05, 4.69) is 13.8 Å². The Bertz CT molecular complexity index is 4650. The Balaban J connectivity index is 0.000000292. The van der Waals surface area contributed by atoms with Crippen LogP contribution >= 0.6 is 0 Å². The summed E-state index contributed by atoms with van der Waals surface area (Å²) in [5.74, 6) is -1.86. The van der Waals surface area contributed by atoms with Crippen molar-refractivity contribution in [3.05, 3.63) is 249 Å². The Kier molecular flexibility index (Phi) is 50.7. The molecule has 0 heterocycles. The number of ether oxygens (including phenoxy) is 5. The minimum Gasteiger partial charge on any atom is -0.478 e. The second kappa shape index (κ2) is 62.1. The maximum atomic E-state index is 13.6. The van der Waals surface area contributed by atoms with E-state index < -0.39 is 23.8 Å². The van der Waals surface area contributed by atoms with E-state index in [9.17, 15) is 72.9 Å². The van der Waals surface area contributed by atoms with Crippen LogP contribution in [0, 0.1) is 35.5 Å². The normalized spacial score (nSPS) is 15.5. The van der Waals surface area contributed by atoms with Crippen molar-refractivity contribution in [2.45, 2.75) is 219 Å². The summed E-state index contributed by atoms with van der Waals surface area (Å²) in [6.07, 6.45) is 36.4. The quantitative estimate of drug-likeness (QED) is 0.0119. The first-order valence-electron chi connectivity index (χ1n) is 48.0. The number of hydrogen-bond donors (Lipinski definition) is 4. The van der Waals surface area contributed by atoms with Gasteiger partial charge in [-0.1, -0.05) is 288 Å². The number of carbonyl (C=O) groups excluding carboxylic acids is 11. The van der Waals surface area contributed by atoms with Gasteiger partial charge in [0.05, 0.1) is 93.3 Å². The van der Waals surface area contributed by atoms with Crippen LogP contribution in [0.15, 0.2) is 188 Å². The summed E-state index contributed by atoms with van der Waals surface area (Å²) in [4.78, 5) is 155. The van der Waals surface area contributed by atoms with Gasteiger partial charge in [0.25, 0.3) is 17.7 Å². The third-order valence-corrected chi connectivity index (χ3v) is 25.2. The molecule has 0 aliphatic heterocycles. The molecule has 3 amide bonds. The van der Waals surface area contributed by atoms with Crippen LogP contribution in [-0.4, -0.2) is 199 Å². The van der Waals surface area contributed by atoms with Crippen molar-refractivity contribution in [1.82, 2.24) is 14.7 Å². The molecule has 714 valence electrons. The molecule has 9 rings (SSSR count). The Morgan fingerprint density at radius 1 is 0.303 bits per heavy atom. The van der Waals surface area contributed by atoms with Crippen LogP contribution < -0.4 is 0 Å². The van der Waals surface area contributed by atoms with Crippen LogP contribution in [0.5, 0.6) is 0 Å². The van der Waals surface area contributed by atoms with Crippen LogP contribution in [0.25, 0.3) is 0 Å². The van der Waals surface area contributed by atoms with E-state index in [1.165, 1.54) is 188 Å². The first-order valence-corrected chi connectivity index (χ1v) is 48.0. The molecule has 4 atom stereocenters. The van der Waals surface area contributed by atoms with Crippen molar-refractivity contribution in [2.24, 2.45) is 35.5 Å². The number of aromatic carboxylic acids is 1. The molecular weight excluding hydrogens is 1680 g/mol. The minimum atomic E-state index is -1.11. The van der Waals surface area contributed by atoms with E-state index in [1.807, 2.05) is 12.1 Å². The number of hydrogen-bond acceptors (Lipinski definition) is 20. The van der Waals surface area contributed by atoms with Gasteiger partial charge in [-0.2, -0.15) is 0 Å². The van der Waals surface area contributed by atoms with E-state index in [1.54, 1.807) is 152 Å². The number of aliphatic hydroxyl groups excluding tert-OH is 3. The largest absolute Gasteiger partial charge is 0.478 e. The van der Waals surface area contributed by atoms with Gasteiger partial charge in [0.1, 0.15) is 19.8 Å². The maximum Gasteiger partial charge on any atom is 0.338 e. The summed E-state index contributed by atoms with van der Waals surface area (Å²) in [5.41, 5.74) is 3.10. The molecule has 0 aromatic heterocycles. The number of carbonyl (C=O) groups is 12. The third-order valence-electron chi connectivity index (χ3n) is 25.2. The van der Waals surface area contributed by atoms with Gasteiger partial charge < -0.3 is 58.8 Å². The third kappa shape index (κ3) is 36.7. The monoisotopic (exact) mass is 1820 g/mol. The number of esters is 5. The van der Waals surface area contributed by atoms with E-state index in [0.29, 0.717) is 60.8 Å². The van der Waals surface area contributed by atoms with Crippen molar-refractivity contribution in [1.29, 1.82) is 0 Å². The van der Waals surface area contributed by atoms with Crippen molar-refractivity contribution in [3.8, 4) is 0 Å². The Morgan fingerprint density at radius 3 is 0.977 bits per heavy atom. The summed E-state index contributed by atoms with van der Waals surface area (Å²) in [6, 6.07) is 51.1. The van der Waals surface area contributed by atoms with Crippen LogP contribution in [0.3, 0.4) is 0 Å². The lowest BCUT2D eigenvalue weighted by molar-refractivity contribution is -0.154. The molecular formula is C108H141N3O21. The molecule has 24 nitrogen and oxygen atoms in total. The lowest BCUT2D eigenvalue weighted by atomic mass is 9.61. The highest BCUT2D eigenvalue weighted by molar-refractivity contribution is 6.17. The zero-order valence-electron chi connectivity index (χ0n) is 78.0. The van der Waals surface area contributed by atoms with Gasteiger partial charge in [0.15, 0.2) is 17.3 Å². The lowest BCUT2D eigenvalue weighted by Gasteiger charge is -2.44. The topological polar surface area (TPSA) is 342 Å². The number of carboxylic acids is 1. The highest BCUT2D eigenvalue weighted by Crippen LogP contribution is 2.48. The Hall–Kier alpha value is -11.3. The predicted molar refractivity (Wildman–Crippen MR) is 508 cm³/mol. The van der Waals surface area contributed by atoms with Crippen LogP contribution in [0.4, 0.5) is 0 Å². The summed E-state index contributed by atoms with van der Waals surface area (Å²) in [6.45, 7) is 3.95. The molecule has 2 aliphatic rings. The van der Waals surface area contributed by atoms with Gasteiger partial charge in [-0.3, -0.25) is 47.9 Å². The molecule has 0 spiro atoms. The van der Waals surface area contributed by atoms with E-state index in [4.69, 9.17) is 28.8 Å². The fourth-order valence-corrected chi connectivity index (χ4v) is 17.8. The number of benzene rings is 7. The Morgan fingerprint density at radius 2 is 0.614 bits per heavy atom. The molecule has 2 aliphatic carbocycles. The van der Waals surface area contributed by atoms with E-state index >= 15 is 0 Å². The zero-order valence-corrected chi connectivity index (χ0v) is 78.0. The molecule has 0 saturated heterocycles. The number of amides is 3. The molecule has 24 heteroatoms. The summed E-state index contributed by atoms with van der Waals surface area (Å²) in [7, 11) is 2.84. The molecule has 0 bridgehead atoms. The highest BCUT2D eigenvalue weighted by atomic mass is 16.5. The number of methoxy groups -OCH3 is 2. The molecule has 7 aromatic carbocycles. The van der Waals surface area contributed by atoms with Crippen molar-refractivity contribution < 1.29 is 102 Å². The average Bonchev–Trinajstić information content (AvgIpc) is 0.829. The second-order valence-corrected chi connectivity index (χ2v) is 34.3. The molecule has 7 aromatic rings. The fraction of sp³-hybridized carbons (Fsp3) is 0.500. The van der Waals surface area contributed by atoms with Crippen LogP contribution in [0.2, 0.25) is 0 Å². The standard InChI is InChI=1S/C55H87NO7.C27H31NO7.C26H23NO7/c1-4-6-8-10-14-23-33-49-46(40-39-45(29-19-9-7-5-2)48(49)34-24-15-12-16-25-37-52(58)62-3)30-20-13-11-17-26-38-53(59)63-44-42-56(41-43-57)55(61)51-36-28-27-35-50(51)54(60)47-31-21-18-22-32-47;1-34-26(32)20-11-13-21(14-12-20)27(33)35-18-16-28(15-17-29)25(31)23-10-6-5-9-22(23)24(30)19-7-3-2-4-8-19;28-16-14-27(15-17-34-26(33)20-12-10-19(11-13-20)25(31)32)24(30)22-9-5-4-8-21(22)23(29)18-6-2-1-3-7-18/h18,21-22,27-28,31-32,35-36,45-46,48-49,57H,4-17,19-20,23-26,29-30,33-34,37-44H2,1-3H3;2-10,20-21,29H,11-18H2,1H3;1-13,28H,14-17H2,(H,31,32). The zero-order chi connectivity index (χ0) is 95.0. The van der Waals surface area contributed by atoms with E-state index in [0.717, 1.165) is 55.8 Å². The van der Waals surface area contributed by atoms with Gasteiger partial charge in [-0.05, 0) is 130 Å². The summed E-state index contributed by atoms with van der Waals surface area (Å²) in [5, 5.41) is 37.6. The average molecular weight is 1820 g/mol. The van der Waals surface area contributed by atoms with Gasteiger partial charge in [-0.25, -0.2) is 9.59 Å². The number of unbranched alkanes of at least 4 members (excludes halogenated alkanes) is 16. The Labute approximate surface area is 780 Å². The van der Waals surface area contributed by atoms with Crippen LogP contribution in [-0.2, 0) is 42.9 Å². The molecule has 0 radical (unpaired) electrons. The number of nitrogens with zero attached hydrogens (tertiary/aromatic N) is 3. The molecule has 2 fully saturated rings. The predicted octanol–water partition coefficient (Wildman–Crippen LogP) is 19.3. The number of ketones is 3. The first kappa shape index (κ1) is 108. The minimum absolute atomic E-state index is 0.00773. The van der Waals surface area contributed by atoms with Gasteiger partial charge in [-0.15, -0.1) is 0 Å². The highest BCUT2D eigenvalue weighted by Gasteiger charge is 2.39. The SMILES string of the molecule is CCCCCCCCC1C(CCCCCCCC(=O)OCCN(CCO)C(=O)c2ccccc2C(=O)c2ccccc2)CCC(CCCCCC)C1CCCCCCCC(=O)OC.COC(=O)C1CCC(C(=O)OCCN(CCO)C(=O)c2ccccc2C(=O)c2ccccc2)CC1.O=C(O)c1ccc(C(=O)OCCN(CCO)C(=O)c2ccccc2C(=O)c2ccccc2)cc1. The molecule has 2 saturated carbocycles. The van der Waals surface area contributed by atoms with Gasteiger partial charge >= 0.3 is 35.8 Å². The van der Waals surface area contributed by atoms with Crippen molar-refractivity contribution in [3.63, 3.8) is 0 Å². The first-order chi connectivity index (χ1) is 64.2. The maximum absolute atomic E-state index is 13.6. The van der Waals surface area contributed by atoms with Crippen molar-refractivity contribution in [2.75, 3.05) is 93.1 Å².